The van der Waals surface area contributed by atoms with Crippen LogP contribution in [0.5, 0.6) is 17.2 Å². The second kappa shape index (κ2) is 12.7. The van der Waals surface area contributed by atoms with Crippen LogP contribution in [0.25, 0.3) is 0 Å². The molecule has 0 aliphatic heterocycles. The van der Waals surface area contributed by atoms with Gasteiger partial charge in [-0.05, 0) is 60.4 Å². The topological polar surface area (TPSA) is 80.9 Å². The van der Waals surface area contributed by atoms with Gasteiger partial charge in [0.2, 0.25) is 0 Å². The fraction of sp³-hybridized carbons (Fsp3) is 0.308. The van der Waals surface area contributed by atoms with E-state index < -0.39 is 18.0 Å². The maximum absolute atomic E-state index is 13.0. The highest BCUT2D eigenvalue weighted by atomic mass is 35.5. The first-order valence-corrected chi connectivity index (χ1v) is 13.1. The van der Waals surface area contributed by atoms with Gasteiger partial charge in [-0.2, -0.15) is 13.5 Å². The van der Waals surface area contributed by atoms with E-state index in [1.807, 2.05) is 0 Å². The summed E-state index contributed by atoms with van der Waals surface area (Å²) in [6, 6.07) is 11.2. The number of pyridine rings is 1. The van der Waals surface area contributed by atoms with Crippen LogP contribution in [0.1, 0.15) is 30.1 Å². The van der Waals surface area contributed by atoms with E-state index in [0.29, 0.717) is 39.0 Å². The number of para-hydroxylation sites is 1. The van der Waals surface area contributed by atoms with Crippen LogP contribution in [0.15, 0.2) is 59.8 Å². The first-order valence-electron chi connectivity index (χ1n) is 11.5. The van der Waals surface area contributed by atoms with Gasteiger partial charge in [0.1, 0.15) is 21.9 Å². The molecule has 0 amide bonds. The summed E-state index contributed by atoms with van der Waals surface area (Å²) in [5, 5.41) is 11.2. The molecule has 1 aliphatic carbocycles. The smallest absolute Gasteiger partial charge is 0.387 e. The largest absolute Gasteiger partial charge is 0.619 e. The number of nitrogens with zero attached hydrogens (tertiary/aromatic N) is 1. The van der Waals surface area contributed by atoms with Crippen LogP contribution in [-0.4, -0.2) is 25.6 Å². The molecule has 1 aliphatic rings. The SMILES string of the molecule is COc1ccccc1SC(=O)O[C@@H](Cc1c(Cl)c[n+]([O-])cc1Cl)c1ccc(OC(F)F)c(OCC2CC2)c1. The van der Waals surface area contributed by atoms with E-state index >= 15 is 0 Å². The molecule has 38 heavy (non-hydrogen) atoms. The molecule has 12 heteroatoms. The average Bonchev–Trinajstić information content (AvgIpc) is 3.69. The van der Waals surface area contributed by atoms with Crippen molar-refractivity contribution in [1.29, 1.82) is 0 Å². The van der Waals surface area contributed by atoms with Gasteiger partial charge in [-0.1, -0.05) is 41.4 Å². The third-order valence-corrected chi connectivity index (χ3v) is 7.15. The highest BCUT2D eigenvalue weighted by Gasteiger charge is 2.27. The third kappa shape index (κ3) is 7.55. The van der Waals surface area contributed by atoms with Crippen molar-refractivity contribution >= 4 is 40.3 Å². The average molecular weight is 586 g/mol. The van der Waals surface area contributed by atoms with Gasteiger partial charge in [0, 0.05) is 12.0 Å². The van der Waals surface area contributed by atoms with E-state index in [1.54, 1.807) is 24.3 Å². The Morgan fingerprint density at radius 2 is 1.82 bits per heavy atom. The number of halogens is 4. The first kappa shape index (κ1) is 28.1. The number of benzene rings is 2. The van der Waals surface area contributed by atoms with Gasteiger partial charge < -0.3 is 24.2 Å². The molecule has 1 aromatic heterocycles. The normalized spacial score (nSPS) is 13.7. The summed E-state index contributed by atoms with van der Waals surface area (Å²) < 4.78 is 48.0. The number of alkyl halides is 2. The summed E-state index contributed by atoms with van der Waals surface area (Å²) in [6.07, 6.45) is 3.29. The molecule has 7 nitrogen and oxygen atoms in total. The molecule has 1 fully saturated rings. The molecule has 0 radical (unpaired) electrons. The minimum atomic E-state index is -3.05. The van der Waals surface area contributed by atoms with Crippen molar-refractivity contribution in [2.24, 2.45) is 5.92 Å². The Hall–Kier alpha value is -2.95. The minimum Gasteiger partial charge on any atom is -0.619 e. The van der Waals surface area contributed by atoms with E-state index in [0.717, 1.165) is 37.0 Å². The number of carbonyl (C=O) groups excluding carboxylic acids is 1. The second-order valence-corrected chi connectivity index (χ2v) is 10.2. The lowest BCUT2D eigenvalue weighted by Crippen LogP contribution is -2.25. The van der Waals surface area contributed by atoms with Crippen molar-refractivity contribution in [1.82, 2.24) is 0 Å². The standard InChI is InChI=1S/C26H23Cl2F2NO6S/c1-34-21-4-2-3-5-24(21)38-26(32)37-22(11-17-18(27)12-31(33)13-19(17)28)16-8-9-20(36-25(29)30)23(10-16)35-14-15-6-7-15/h2-5,8-10,12-13,15,22,25H,6-7,11,14H2,1H3/t22-/m0/s1. The van der Waals surface area contributed by atoms with Crippen LogP contribution in [0, 0.1) is 11.1 Å². The molecule has 4 rings (SSSR count). The summed E-state index contributed by atoms with van der Waals surface area (Å²) in [6.45, 7) is -2.70. The molecular formula is C26H23Cl2F2NO6S. The Morgan fingerprint density at radius 3 is 2.47 bits per heavy atom. The Labute approximate surface area is 232 Å². The molecular weight excluding hydrogens is 563 g/mol. The van der Waals surface area contributed by atoms with Crippen molar-refractivity contribution in [3.63, 3.8) is 0 Å². The van der Waals surface area contributed by atoms with Gasteiger partial charge in [0.05, 0.1) is 18.6 Å². The van der Waals surface area contributed by atoms with Crippen molar-refractivity contribution < 1.29 is 37.3 Å². The zero-order chi connectivity index (χ0) is 27.2. The summed E-state index contributed by atoms with van der Waals surface area (Å²) in [5.74, 6) is 0.797. The van der Waals surface area contributed by atoms with Gasteiger partial charge in [-0.3, -0.25) is 0 Å². The van der Waals surface area contributed by atoms with E-state index in [2.05, 4.69) is 4.74 Å². The van der Waals surface area contributed by atoms with Gasteiger partial charge in [-0.25, -0.2) is 4.79 Å². The van der Waals surface area contributed by atoms with Crippen LogP contribution < -0.4 is 18.9 Å². The molecule has 2 aromatic carbocycles. The Morgan fingerprint density at radius 1 is 1.11 bits per heavy atom. The number of carbonyl (C=O) groups is 1. The van der Waals surface area contributed by atoms with Crippen LogP contribution in [0.4, 0.5) is 13.6 Å². The monoisotopic (exact) mass is 585 g/mol. The van der Waals surface area contributed by atoms with E-state index in [4.69, 9.17) is 37.4 Å². The summed E-state index contributed by atoms with van der Waals surface area (Å²) in [5.41, 5.74) is 0.797. The number of methoxy groups -OCH3 is 1. The molecule has 0 N–H and O–H groups in total. The predicted molar refractivity (Wildman–Crippen MR) is 138 cm³/mol. The second-order valence-electron chi connectivity index (χ2n) is 8.45. The molecule has 0 unspecified atom stereocenters. The number of hydrogen-bond acceptors (Lipinski definition) is 7. The molecule has 1 saturated carbocycles. The van der Waals surface area contributed by atoms with Crippen LogP contribution in [0.3, 0.4) is 0 Å². The Balaban J connectivity index is 1.65. The first-order chi connectivity index (χ1) is 18.2. The maximum Gasteiger partial charge on any atom is 0.387 e. The minimum absolute atomic E-state index is 0.00610. The molecule has 0 saturated heterocycles. The number of aromatic nitrogens is 1. The molecule has 1 heterocycles. The molecule has 0 bridgehead atoms. The lowest BCUT2D eigenvalue weighted by Gasteiger charge is -2.21. The number of hydrogen-bond donors (Lipinski definition) is 0. The van der Waals surface area contributed by atoms with Gasteiger partial charge in [0.25, 0.3) is 0 Å². The Kier molecular flexibility index (Phi) is 9.40. The molecule has 1 atom stereocenters. The van der Waals surface area contributed by atoms with Gasteiger partial charge in [-0.15, -0.1) is 0 Å². The van der Waals surface area contributed by atoms with Gasteiger partial charge >= 0.3 is 11.9 Å². The number of thioether (sulfide) groups is 1. The van der Waals surface area contributed by atoms with Crippen LogP contribution >= 0.6 is 35.0 Å². The summed E-state index contributed by atoms with van der Waals surface area (Å²) in [7, 11) is 1.49. The van der Waals surface area contributed by atoms with E-state index in [1.165, 1.54) is 25.3 Å². The van der Waals surface area contributed by atoms with Crippen LogP contribution in [-0.2, 0) is 11.2 Å². The maximum atomic E-state index is 13.0. The number of rotatable bonds is 11. The van der Waals surface area contributed by atoms with Crippen molar-refractivity contribution in [2.45, 2.75) is 36.9 Å². The molecule has 3 aromatic rings. The third-order valence-electron chi connectivity index (χ3n) is 5.68. The summed E-state index contributed by atoms with van der Waals surface area (Å²) >= 11 is 13.4. The Bertz CT molecular complexity index is 1270. The predicted octanol–water partition coefficient (Wildman–Crippen LogP) is 7.24. The van der Waals surface area contributed by atoms with Crippen molar-refractivity contribution in [2.75, 3.05) is 13.7 Å². The van der Waals surface area contributed by atoms with E-state index in [9.17, 15) is 18.8 Å². The fourth-order valence-electron chi connectivity index (χ4n) is 3.59. The zero-order valence-electron chi connectivity index (χ0n) is 20.1. The highest BCUT2D eigenvalue weighted by molar-refractivity contribution is 8.13. The lowest BCUT2D eigenvalue weighted by molar-refractivity contribution is -0.605. The lowest BCUT2D eigenvalue weighted by atomic mass is 10.0. The fourth-order valence-corrected chi connectivity index (χ4v) is 4.94. The van der Waals surface area contributed by atoms with Crippen molar-refractivity contribution in [3.8, 4) is 17.2 Å². The quantitative estimate of drug-likeness (QED) is 0.101. The van der Waals surface area contributed by atoms with E-state index in [-0.39, 0.29) is 28.0 Å². The zero-order valence-corrected chi connectivity index (χ0v) is 22.4. The highest BCUT2D eigenvalue weighted by Crippen LogP contribution is 2.39. The molecule has 0 spiro atoms. The summed E-state index contributed by atoms with van der Waals surface area (Å²) in [4.78, 5) is 13.5. The van der Waals surface area contributed by atoms with Crippen LogP contribution in [0.2, 0.25) is 10.0 Å². The van der Waals surface area contributed by atoms with Crippen molar-refractivity contribution in [3.05, 3.63) is 81.2 Å². The number of ether oxygens (including phenoxy) is 4. The van der Waals surface area contributed by atoms with Gasteiger partial charge in [0.15, 0.2) is 23.9 Å². The molecule has 202 valence electrons.